The number of nitrogens with one attached hydrogen (secondary N) is 2. The van der Waals surface area contributed by atoms with Crippen LogP contribution < -0.4 is 10.6 Å². The van der Waals surface area contributed by atoms with Crippen molar-refractivity contribution in [1.82, 2.24) is 25.0 Å². The highest BCUT2D eigenvalue weighted by atomic mass is 127. The lowest BCUT2D eigenvalue weighted by atomic mass is 10.2. The monoisotopic (exact) mass is 546 g/mol. The molecular weight excluding hydrogens is 522 g/mol. The number of guanidine groups is 1. The third-order valence-electron chi connectivity index (χ3n) is 4.29. The molecule has 0 bridgehead atoms. The maximum Gasteiger partial charge on any atom is 0.191 e. The van der Waals surface area contributed by atoms with Crippen molar-refractivity contribution in [2.24, 2.45) is 12.0 Å². The zero-order valence-corrected chi connectivity index (χ0v) is 20.2. The SMILES string of the molecule is CCNC(=NCc1cnn(Cc2ccccc2)c1)NCc1cc(Cl)c(Cl)n1C.I. The second-order valence-electron chi connectivity index (χ2n) is 6.41. The minimum atomic E-state index is 0. The van der Waals surface area contributed by atoms with Gasteiger partial charge in [-0.25, -0.2) is 4.99 Å². The van der Waals surface area contributed by atoms with Crippen molar-refractivity contribution in [1.29, 1.82) is 0 Å². The van der Waals surface area contributed by atoms with Gasteiger partial charge in [0.05, 0.1) is 30.9 Å². The molecule has 0 fully saturated rings. The van der Waals surface area contributed by atoms with E-state index in [9.17, 15) is 0 Å². The molecule has 156 valence electrons. The Morgan fingerprint density at radius 3 is 2.55 bits per heavy atom. The van der Waals surface area contributed by atoms with Crippen LogP contribution in [0.25, 0.3) is 0 Å². The molecule has 6 nitrogen and oxygen atoms in total. The molecular formula is C20H25Cl2IN6. The fraction of sp³-hybridized carbons (Fsp3) is 0.300. The molecule has 29 heavy (non-hydrogen) atoms. The van der Waals surface area contributed by atoms with Crippen molar-refractivity contribution < 1.29 is 0 Å². The number of benzene rings is 1. The van der Waals surface area contributed by atoms with Gasteiger partial charge in [0.25, 0.3) is 0 Å². The summed E-state index contributed by atoms with van der Waals surface area (Å²) in [5.41, 5.74) is 3.25. The average Bonchev–Trinajstić information content (AvgIpc) is 3.24. The van der Waals surface area contributed by atoms with E-state index in [1.54, 1.807) is 0 Å². The minimum Gasteiger partial charge on any atom is -0.357 e. The van der Waals surface area contributed by atoms with E-state index in [1.807, 2.05) is 59.9 Å². The summed E-state index contributed by atoms with van der Waals surface area (Å²) >= 11 is 12.2. The zero-order chi connectivity index (χ0) is 19.9. The summed E-state index contributed by atoms with van der Waals surface area (Å²) in [4.78, 5) is 4.64. The normalized spacial score (nSPS) is 11.2. The topological polar surface area (TPSA) is 59.2 Å². The van der Waals surface area contributed by atoms with E-state index in [0.717, 1.165) is 30.3 Å². The van der Waals surface area contributed by atoms with Gasteiger partial charge in [-0.1, -0.05) is 53.5 Å². The van der Waals surface area contributed by atoms with Gasteiger partial charge in [-0.05, 0) is 18.6 Å². The molecule has 0 saturated carbocycles. The van der Waals surface area contributed by atoms with Crippen LogP contribution >= 0.6 is 47.2 Å². The molecule has 3 aromatic rings. The Morgan fingerprint density at radius 1 is 1.14 bits per heavy atom. The molecule has 2 heterocycles. The van der Waals surface area contributed by atoms with E-state index in [2.05, 4.69) is 32.9 Å². The van der Waals surface area contributed by atoms with Gasteiger partial charge in [0, 0.05) is 31.0 Å². The maximum atomic E-state index is 6.12. The molecule has 0 atom stereocenters. The van der Waals surface area contributed by atoms with Crippen molar-refractivity contribution in [2.45, 2.75) is 26.6 Å². The third-order valence-corrected chi connectivity index (χ3v) is 5.13. The number of nitrogens with zero attached hydrogens (tertiary/aromatic N) is 4. The molecule has 0 aliphatic rings. The number of hydrogen-bond donors (Lipinski definition) is 2. The predicted molar refractivity (Wildman–Crippen MR) is 130 cm³/mol. The van der Waals surface area contributed by atoms with Crippen LogP contribution in [0.1, 0.15) is 23.7 Å². The van der Waals surface area contributed by atoms with Gasteiger partial charge < -0.3 is 15.2 Å². The molecule has 0 aliphatic carbocycles. The van der Waals surface area contributed by atoms with E-state index < -0.39 is 0 Å². The number of rotatable bonds is 7. The standard InChI is InChI=1S/C20H24Cl2N6.HI/c1-3-23-20(25-12-17-9-18(21)19(22)27(17)2)24-10-16-11-26-28(14-16)13-15-7-5-4-6-8-15;/h4-9,11,14H,3,10,12-13H2,1-2H3,(H2,23,24,25);1H. The van der Waals surface area contributed by atoms with Gasteiger partial charge in [0.2, 0.25) is 0 Å². The fourth-order valence-corrected chi connectivity index (χ4v) is 3.21. The van der Waals surface area contributed by atoms with Gasteiger partial charge in [-0.2, -0.15) is 5.10 Å². The Morgan fingerprint density at radius 2 is 1.90 bits per heavy atom. The first kappa shape index (κ1) is 23.6. The molecule has 0 radical (unpaired) electrons. The van der Waals surface area contributed by atoms with Gasteiger partial charge in [0.15, 0.2) is 5.96 Å². The number of aromatic nitrogens is 3. The van der Waals surface area contributed by atoms with Crippen molar-refractivity contribution in [3.8, 4) is 0 Å². The molecule has 0 saturated heterocycles. The van der Waals surface area contributed by atoms with Crippen molar-refractivity contribution in [3.63, 3.8) is 0 Å². The predicted octanol–water partition coefficient (Wildman–Crippen LogP) is 4.45. The van der Waals surface area contributed by atoms with E-state index in [4.69, 9.17) is 23.2 Å². The number of halogens is 3. The molecule has 0 unspecified atom stereocenters. The Balaban J connectivity index is 0.00000300. The highest BCUT2D eigenvalue weighted by Crippen LogP contribution is 2.24. The number of hydrogen-bond acceptors (Lipinski definition) is 2. The average molecular weight is 547 g/mol. The Labute approximate surface area is 198 Å². The summed E-state index contributed by atoms with van der Waals surface area (Å²) in [6.45, 7) is 4.66. The smallest absolute Gasteiger partial charge is 0.191 e. The molecule has 1 aromatic carbocycles. The fourth-order valence-electron chi connectivity index (χ4n) is 2.79. The van der Waals surface area contributed by atoms with Crippen molar-refractivity contribution in [2.75, 3.05) is 6.54 Å². The van der Waals surface area contributed by atoms with E-state index >= 15 is 0 Å². The third kappa shape index (κ3) is 6.65. The summed E-state index contributed by atoms with van der Waals surface area (Å²) in [5, 5.41) is 12.1. The lowest BCUT2D eigenvalue weighted by Crippen LogP contribution is -2.37. The van der Waals surface area contributed by atoms with Gasteiger partial charge in [-0.15, -0.1) is 24.0 Å². The highest BCUT2D eigenvalue weighted by molar-refractivity contribution is 14.0. The first-order chi connectivity index (χ1) is 13.6. The minimum absolute atomic E-state index is 0. The molecule has 9 heteroatoms. The van der Waals surface area contributed by atoms with Crippen LogP contribution in [-0.4, -0.2) is 26.9 Å². The molecule has 0 aliphatic heterocycles. The highest BCUT2D eigenvalue weighted by Gasteiger charge is 2.09. The second-order valence-corrected chi connectivity index (χ2v) is 7.18. The van der Waals surface area contributed by atoms with Crippen LogP contribution in [0.3, 0.4) is 0 Å². The summed E-state index contributed by atoms with van der Waals surface area (Å²) in [5.74, 6) is 0.728. The van der Waals surface area contributed by atoms with Crippen LogP contribution in [0.4, 0.5) is 0 Å². The summed E-state index contributed by atoms with van der Waals surface area (Å²) in [6, 6.07) is 12.1. The van der Waals surface area contributed by atoms with Crippen LogP contribution in [0, 0.1) is 0 Å². The van der Waals surface area contributed by atoms with Gasteiger partial charge >= 0.3 is 0 Å². The van der Waals surface area contributed by atoms with Crippen LogP contribution in [-0.2, 0) is 26.7 Å². The largest absolute Gasteiger partial charge is 0.357 e. The Kier molecular flexibility index (Phi) is 9.32. The summed E-state index contributed by atoms with van der Waals surface area (Å²) < 4.78 is 3.78. The first-order valence-electron chi connectivity index (χ1n) is 9.14. The van der Waals surface area contributed by atoms with E-state index in [1.165, 1.54) is 5.56 Å². The van der Waals surface area contributed by atoms with Crippen LogP contribution in [0.2, 0.25) is 10.2 Å². The maximum absolute atomic E-state index is 6.12. The van der Waals surface area contributed by atoms with Gasteiger partial charge in [0.1, 0.15) is 5.15 Å². The van der Waals surface area contributed by atoms with Crippen molar-refractivity contribution >= 4 is 53.1 Å². The molecule has 0 amide bonds. The lowest BCUT2D eigenvalue weighted by Gasteiger charge is -2.11. The van der Waals surface area contributed by atoms with E-state index in [-0.39, 0.29) is 24.0 Å². The van der Waals surface area contributed by atoms with Gasteiger partial charge in [-0.3, -0.25) is 4.68 Å². The molecule has 2 aromatic heterocycles. The first-order valence-corrected chi connectivity index (χ1v) is 9.89. The summed E-state index contributed by atoms with van der Waals surface area (Å²) in [7, 11) is 1.89. The van der Waals surface area contributed by atoms with Crippen molar-refractivity contribution in [3.05, 3.63) is 75.8 Å². The van der Waals surface area contributed by atoms with Crippen LogP contribution in [0.5, 0.6) is 0 Å². The Bertz CT molecular complexity index is 936. The number of aliphatic imine (C=N–C) groups is 1. The molecule has 3 rings (SSSR count). The summed E-state index contributed by atoms with van der Waals surface area (Å²) in [6.07, 6.45) is 3.88. The lowest BCUT2D eigenvalue weighted by molar-refractivity contribution is 0.686. The molecule has 0 spiro atoms. The quantitative estimate of drug-likeness (QED) is 0.261. The Hall–Kier alpha value is -1.71. The zero-order valence-electron chi connectivity index (χ0n) is 16.4. The second kappa shape index (κ2) is 11.5. The van der Waals surface area contributed by atoms with Crippen LogP contribution in [0.15, 0.2) is 53.8 Å². The van der Waals surface area contributed by atoms with E-state index in [0.29, 0.717) is 23.3 Å². The molecule has 2 N–H and O–H groups in total.